The Bertz CT molecular complexity index is 1020. The van der Waals surface area contributed by atoms with E-state index in [0.29, 0.717) is 28.6 Å². The predicted molar refractivity (Wildman–Crippen MR) is 96.9 cm³/mol. The molecule has 2 aromatic carbocycles. The van der Waals surface area contributed by atoms with Crippen molar-refractivity contribution in [1.29, 1.82) is 5.26 Å². The fourth-order valence-electron chi connectivity index (χ4n) is 2.56. The molecular formula is C20H16N2O5. The molecule has 0 atom stereocenters. The summed E-state index contributed by atoms with van der Waals surface area (Å²) < 4.78 is 10.3. The number of rotatable bonds is 6. The van der Waals surface area contributed by atoms with Crippen molar-refractivity contribution in [1.82, 2.24) is 0 Å². The van der Waals surface area contributed by atoms with E-state index in [0.717, 1.165) is 5.56 Å². The van der Waals surface area contributed by atoms with Gasteiger partial charge in [-0.25, -0.2) is 0 Å². The number of carbonyl (C=O) groups excluding carboxylic acids is 2. The molecule has 0 bridgehead atoms. The van der Waals surface area contributed by atoms with E-state index in [1.165, 1.54) is 18.4 Å². The quantitative estimate of drug-likeness (QED) is 0.650. The zero-order valence-corrected chi connectivity index (χ0v) is 14.3. The molecule has 0 aliphatic carbocycles. The number of furan rings is 1. The number of benzene rings is 2. The van der Waals surface area contributed by atoms with Gasteiger partial charge in [-0.05, 0) is 29.8 Å². The smallest absolute Gasteiger partial charge is 0.310 e. The van der Waals surface area contributed by atoms with E-state index in [2.05, 4.69) is 5.32 Å². The first-order valence-electron chi connectivity index (χ1n) is 8.15. The third kappa shape index (κ3) is 4.64. The Balaban J connectivity index is 1.51. The van der Waals surface area contributed by atoms with Crippen molar-refractivity contribution in [2.75, 3.05) is 11.9 Å². The zero-order valence-electron chi connectivity index (χ0n) is 14.3. The summed E-state index contributed by atoms with van der Waals surface area (Å²) >= 11 is 0. The number of nitrogens with zero attached hydrogens (tertiary/aromatic N) is 1. The highest BCUT2D eigenvalue weighted by Gasteiger charge is 2.13. The van der Waals surface area contributed by atoms with Crippen molar-refractivity contribution in [2.24, 2.45) is 0 Å². The lowest BCUT2D eigenvalue weighted by molar-refractivity contribution is -0.146. The first-order chi connectivity index (χ1) is 13.0. The van der Waals surface area contributed by atoms with E-state index in [4.69, 9.17) is 14.4 Å². The minimum Gasteiger partial charge on any atom is -0.508 e. The lowest BCUT2D eigenvalue weighted by Crippen LogP contribution is -2.21. The molecule has 1 amide bonds. The van der Waals surface area contributed by atoms with Gasteiger partial charge in [-0.15, -0.1) is 0 Å². The zero-order chi connectivity index (χ0) is 19.2. The molecular weight excluding hydrogens is 348 g/mol. The van der Waals surface area contributed by atoms with Crippen LogP contribution in [0, 0.1) is 11.3 Å². The highest BCUT2D eigenvalue weighted by atomic mass is 16.5. The van der Waals surface area contributed by atoms with Crippen molar-refractivity contribution >= 4 is 28.5 Å². The summed E-state index contributed by atoms with van der Waals surface area (Å²) in [5, 5.41) is 21.4. The van der Waals surface area contributed by atoms with Crippen molar-refractivity contribution in [3.8, 4) is 11.8 Å². The maximum Gasteiger partial charge on any atom is 0.310 e. The van der Waals surface area contributed by atoms with Crippen LogP contribution in [0.2, 0.25) is 0 Å². The third-order valence-electron chi connectivity index (χ3n) is 3.86. The van der Waals surface area contributed by atoms with Crippen molar-refractivity contribution in [3.05, 3.63) is 59.9 Å². The number of phenols is 1. The predicted octanol–water partition coefficient (Wildman–Crippen LogP) is 2.93. The van der Waals surface area contributed by atoms with Crippen LogP contribution in [0.1, 0.15) is 11.1 Å². The molecule has 7 heteroatoms. The molecule has 0 radical (unpaired) electrons. The molecule has 1 aromatic heterocycles. The number of hydrogen-bond donors (Lipinski definition) is 2. The molecule has 3 aromatic rings. The number of hydrogen-bond acceptors (Lipinski definition) is 6. The van der Waals surface area contributed by atoms with Crippen molar-refractivity contribution in [2.45, 2.75) is 12.8 Å². The highest BCUT2D eigenvalue weighted by molar-refractivity contribution is 5.93. The molecule has 1 heterocycles. The number of fused-ring (bicyclic) bond motifs is 1. The summed E-state index contributed by atoms with van der Waals surface area (Å²) in [7, 11) is 0. The topological polar surface area (TPSA) is 113 Å². The minimum absolute atomic E-state index is 0.0477. The summed E-state index contributed by atoms with van der Waals surface area (Å²) in [6.45, 7) is -0.407. The molecule has 0 saturated carbocycles. The number of phenolic OH excluding ortho intramolecular Hbond substituents is 1. The number of nitrogens with one attached hydrogen (secondary N) is 1. The monoisotopic (exact) mass is 364 g/mol. The second-order valence-corrected chi connectivity index (χ2v) is 5.86. The van der Waals surface area contributed by atoms with Crippen LogP contribution >= 0.6 is 0 Å². The van der Waals surface area contributed by atoms with E-state index in [1.807, 2.05) is 6.07 Å². The fourth-order valence-corrected chi connectivity index (χ4v) is 2.56. The molecule has 0 aliphatic heterocycles. The SMILES string of the molecule is N#CCc1ccc(NC(=O)COC(=O)Cc2coc3cc(O)ccc23)cc1. The lowest BCUT2D eigenvalue weighted by Gasteiger charge is -2.07. The van der Waals surface area contributed by atoms with E-state index in [1.54, 1.807) is 30.3 Å². The summed E-state index contributed by atoms with van der Waals surface area (Å²) in [5.74, 6) is -0.952. The van der Waals surface area contributed by atoms with Gasteiger partial charge in [0.1, 0.15) is 11.3 Å². The number of esters is 1. The van der Waals surface area contributed by atoms with Crippen LogP contribution in [0.5, 0.6) is 5.75 Å². The van der Waals surface area contributed by atoms with E-state index in [-0.39, 0.29) is 12.2 Å². The largest absolute Gasteiger partial charge is 0.508 e. The van der Waals surface area contributed by atoms with Crippen molar-refractivity contribution in [3.63, 3.8) is 0 Å². The number of anilines is 1. The summed E-state index contributed by atoms with van der Waals surface area (Å²) in [4.78, 5) is 23.9. The maximum atomic E-state index is 12.0. The van der Waals surface area contributed by atoms with Crippen LogP contribution in [0.4, 0.5) is 5.69 Å². The molecule has 7 nitrogen and oxygen atoms in total. The van der Waals surface area contributed by atoms with Gasteiger partial charge in [0.15, 0.2) is 6.61 Å². The van der Waals surface area contributed by atoms with Gasteiger partial charge in [-0.2, -0.15) is 5.26 Å². The summed E-state index contributed by atoms with van der Waals surface area (Å²) in [5.41, 5.74) is 2.49. The molecule has 0 fully saturated rings. The standard InChI is InChI=1S/C20H16N2O5/c21-8-7-13-1-3-15(4-2-13)22-19(24)12-27-20(25)9-14-11-26-18-10-16(23)5-6-17(14)18/h1-6,10-11,23H,7,9,12H2,(H,22,24). The highest BCUT2D eigenvalue weighted by Crippen LogP contribution is 2.25. The Morgan fingerprint density at radius 1 is 1.19 bits per heavy atom. The average Bonchev–Trinajstić information content (AvgIpc) is 3.03. The van der Waals surface area contributed by atoms with Crippen LogP contribution < -0.4 is 5.32 Å². The van der Waals surface area contributed by atoms with Gasteiger partial charge in [0.2, 0.25) is 0 Å². The summed E-state index contributed by atoms with van der Waals surface area (Å²) in [6.07, 6.45) is 1.68. The van der Waals surface area contributed by atoms with E-state index >= 15 is 0 Å². The third-order valence-corrected chi connectivity index (χ3v) is 3.86. The number of amides is 1. The van der Waals surface area contributed by atoms with Gasteiger partial charge < -0.3 is 19.6 Å². The van der Waals surface area contributed by atoms with Gasteiger partial charge in [0.05, 0.1) is 25.2 Å². The average molecular weight is 364 g/mol. The Labute approximate surface area is 154 Å². The van der Waals surface area contributed by atoms with Gasteiger partial charge in [0.25, 0.3) is 5.91 Å². The van der Waals surface area contributed by atoms with E-state index < -0.39 is 18.5 Å². The van der Waals surface area contributed by atoms with Crippen molar-refractivity contribution < 1.29 is 23.8 Å². The number of aromatic hydroxyl groups is 1. The van der Waals surface area contributed by atoms with Crippen LogP contribution in [-0.2, 0) is 27.2 Å². The molecule has 0 saturated heterocycles. The van der Waals surface area contributed by atoms with E-state index in [9.17, 15) is 14.7 Å². The van der Waals surface area contributed by atoms with Gasteiger partial charge in [0, 0.05) is 22.7 Å². The van der Waals surface area contributed by atoms with Crippen LogP contribution in [0.3, 0.4) is 0 Å². The Morgan fingerprint density at radius 3 is 2.70 bits per heavy atom. The summed E-state index contributed by atoms with van der Waals surface area (Å²) in [6, 6.07) is 13.5. The first kappa shape index (κ1) is 18.0. The first-order valence-corrected chi connectivity index (χ1v) is 8.15. The van der Waals surface area contributed by atoms with Crippen LogP contribution in [0.15, 0.2) is 53.1 Å². The molecule has 2 N–H and O–H groups in total. The number of nitriles is 1. The molecule has 136 valence electrons. The molecule has 3 rings (SSSR count). The molecule has 27 heavy (non-hydrogen) atoms. The normalized spacial score (nSPS) is 10.3. The maximum absolute atomic E-state index is 12.0. The number of ether oxygens (including phenoxy) is 1. The second-order valence-electron chi connectivity index (χ2n) is 5.86. The van der Waals surface area contributed by atoms with Crippen LogP contribution in [0.25, 0.3) is 11.0 Å². The minimum atomic E-state index is -0.565. The van der Waals surface area contributed by atoms with Gasteiger partial charge >= 0.3 is 5.97 Å². The Morgan fingerprint density at radius 2 is 1.96 bits per heavy atom. The Hall–Kier alpha value is -3.79. The van der Waals surface area contributed by atoms with Gasteiger partial charge in [-0.1, -0.05) is 12.1 Å². The molecule has 0 aliphatic rings. The van der Waals surface area contributed by atoms with Crippen LogP contribution in [-0.4, -0.2) is 23.6 Å². The number of carbonyl (C=O) groups is 2. The molecule has 0 unspecified atom stereocenters. The van der Waals surface area contributed by atoms with Gasteiger partial charge in [-0.3, -0.25) is 9.59 Å². The molecule has 0 spiro atoms. The fraction of sp³-hybridized carbons (Fsp3) is 0.150. The Kier molecular flexibility index (Phi) is 5.38. The second kappa shape index (κ2) is 8.06. The lowest BCUT2D eigenvalue weighted by atomic mass is 10.1.